The minimum atomic E-state index is -0.435. The van der Waals surface area contributed by atoms with Crippen LogP contribution in [-0.4, -0.2) is 22.2 Å². The first-order valence-electron chi connectivity index (χ1n) is 10.5. The van der Waals surface area contributed by atoms with Gasteiger partial charge in [-0.15, -0.1) is 11.3 Å². The highest BCUT2D eigenvalue weighted by molar-refractivity contribution is 7.20. The number of hydrogen-bond donors (Lipinski definition) is 1. The van der Waals surface area contributed by atoms with Crippen molar-refractivity contribution < 1.29 is 13.9 Å². The van der Waals surface area contributed by atoms with Crippen molar-refractivity contribution in [2.45, 2.75) is 13.1 Å². The van der Waals surface area contributed by atoms with E-state index in [4.69, 9.17) is 9.15 Å². The van der Waals surface area contributed by atoms with Gasteiger partial charge in [0.25, 0.3) is 11.5 Å². The number of fused-ring (bicyclic) bond motifs is 2. The highest BCUT2D eigenvalue weighted by atomic mass is 32.1. The van der Waals surface area contributed by atoms with E-state index < -0.39 is 11.2 Å². The Morgan fingerprint density at radius 2 is 1.88 bits per heavy atom. The van der Waals surface area contributed by atoms with Crippen molar-refractivity contribution in [3.8, 4) is 5.75 Å². The molecule has 0 saturated carbocycles. The second-order valence-corrected chi connectivity index (χ2v) is 8.96. The summed E-state index contributed by atoms with van der Waals surface area (Å²) in [5.74, 6) is 0.393. The van der Waals surface area contributed by atoms with Crippen molar-refractivity contribution in [2.75, 3.05) is 7.11 Å². The third kappa shape index (κ3) is 3.90. The Balaban J connectivity index is 1.44. The van der Waals surface area contributed by atoms with Gasteiger partial charge in [-0.25, -0.2) is 4.79 Å². The number of amides is 1. The van der Waals surface area contributed by atoms with Crippen LogP contribution in [0.15, 0.2) is 75.1 Å². The zero-order valence-electron chi connectivity index (χ0n) is 18.5. The van der Waals surface area contributed by atoms with E-state index in [0.29, 0.717) is 27.4 Å². The number of nitrogens with one attached hydrogen (secondary N) is 1. The van der Waals surface area contributed by atoms with Gasteiger partial charge in [0.1, 0.15) is 10.6 Å². The maximum Gasteiger partial charge on any atom is 0.332 e. The summed E-state index contributed by atoms with van der Waals surface area (Å²) in [5.41, 5.74) is 0.834. The fraction of sp³-hybridized carbons (Fsp3) is 0.160. The summed E-state index contributed by atoms with van der Waals surface area (Å²) in [6.45, 7) is 0.430. The van der Waals surface area contributed by atoms with Crippen LogP contribution in [0.25, 0.3) is 21.0 Å². The predicted octanol–water partition coefficient (Wildman–Crippen LogP) is 3.49. The van der Waals surface area contributed by atoms with Gasteiger partial charge < -0.3 is 14.5 Å². The molecular weight excluding hydrogens is 454 g/mol. The topological polar surface area (TPSA) is 95.5 Å². The van der Waals surface area contributed by atoms with Gasteiger partial charge in [0.2, 0.25) is 0 Å². The number of thiophene rings is 1. The number of hydrogen-bond acceptors (Lipinski definition) is 6. The Bertz CT molecular complexity index is 1660. The van der Waals surface area contributed by atoms with Crippen LogP contribution in [0.1, 0.15) is 20.8 Å². The van der Waals surface area contributed by atoms with E-state index in [1.807, 2.05) is 42.5 Å². The van der Waals surface area contributed by atoms with Crippen LogP contribution in [0.2, 0.25) is 0 Å². The van der Waals surface area contributed by atoms with E-state index in [-0.39, 0.29) is 12.5 Å². The lowest BCUT2D eigenvalue weighted by atomic mass is 10.1. The summed E-state index contributed by atoms with van der Waals surface area (Å²) in [6, 6.07) is 14.6. The van der Waals surface area contributed by atoms with Crippen molar-refractivity contribution in [3.63, 3.8) is 0 Å². The number of rotatable bonds is 6. The number of furan rings is 1. The lowest BCUT2D eigenvalue weighted by molar-refractivity contribution is 0.0955. The maximum absolute atomic E-state index is 13.2. The molecule has 3 aromatic heterocycles. The maximum atomic E-state index is 13.2. The molecule has 1 N–H and O–H groups in total. The second kappa shape index (κ2) is 8.68. The minimum Gasteiger partial charge on any atom is -0.497 e. The number of aromatic nitrogens is 2. The molecule has 0 atom stereocenters. The van der Waals surface area contributed by atoms with Gasteiger partial charge in [-0.3, -0.25) is 18.7 Å². The van der Waals surface area contributed by atoms with Crippen molar-refractivity contribution >= 4 is 38.2 Å². The third-order valence-electron chi connectivity index (χ3n) is 5.70. The highest BCUT2D eigenvalue weighted by Crippen LogP contribution is 2.22. The van der Waals surface area contributed by atoms with E-state index in [9.17, 15) is 14.4 Å². The number of carbonyl (C=O) groups is 1. The van der Waals surface area contributed by atoms with E-state index >= 15 is 0 Å². The van der Waals surface area contributed by atoms with Gasteiger partial charge in [0.05, 0.1) is 36.4 Å². The van der Waals surface area contributed by atoms with Gasteiger partial charge in [0, 0.05) is 24.4 Å². The Morgan fingerprint density at radius 3 is 2.71 bits per heavy atom. The van der Waals surface area contributed by atoms with E-state index in [2.05, 4.69) is 5.32 Å². The largest absolute Gasteiger partial charge is 0.497 e. The molecule has 5 aromatic rings. The summed E-state index contributed by atoms with van der Waals surface area (Å²) < 4.78 is 13.0. The van der Waals surface area contributed by atoms with Crippen molar-refractivity contribution in [1.82, 2.24) is 14.5 Å². The predicted molar refractivity (Wildman–Crippen MR) is 131 cm³/mol. The summed E-state index contributed by atoms with van der Waals surface area (Å²) in [4.78, 5) is 39.8. The molecule has 8 nitrogen and oxygen atoms in total. The average Bonchev–Trinajstić information content (AvgIpc) is 3.51. The van der Waals surface area contributed by atoms with E-state index in [1.165, 1.54) is 9.13 Å². The van der Waals surface area contributed by atoms with Gasteiger partial charge in [-0.05, 0) is 35.4 Å². The molecule has 3 heterocycles. The Labute approximate surface area is 197 Å². The van der Waals surface area contributed by atoms with Gasteiger partial charge in [0.15, 0.2) is 0 Å². The van der Waals surface area contributed by atoms with Crippen LogP contribution in [-0.2, 0) is 20.1 Å². The quantitative estimate of drug-likeness (QED) is 0.406. The van der Waals surface area contributed by atoms with Crippen molar-refractivity contribution in [3.05, 3.63) is 97.9 Å². The standard InChI is InChI=1S/C25H21N3O5S/c1-27-24-20(10-21(34-24)22(29)26-11-15-4-3-5-19(9-15)32-2)23(30)28(25(27)31)12-16-6-7-17-13-33-14-18(17)8-16/h3-10,13-14H,11-12H2,1-2H3,(H,26,29). The molecule has 0 aliphatic rings. The molecule has 2 aromatic carbocycles. The molecule has 0 aliphatic heterocycles. The number of carbonyl (C=O) groups excluding carboxylic acids is 1. The first-order chi connectivity index (χ1) is 16.4. The molecule has 0 fully saturated rings. The number of aryl methyl sites for hydroxylation is 1. The molecule has 0 bridgehead atoms. The summed E-state index contributed by atoms with van der Waals surface area (Å²) in [6.07, 6.45) is 3.26. The van der Waals surface area contributed by atoms with Crippen LogP contribution in [0, 0.1) is 0 Å². The molecule has 0 spiro atoms. The van der Waals surface area contributed by atoms with Gasteiger partial charge >= 0.3 is 5.69 Å². The molecule has 1 amide bonds. The van der Waals surface area contributed by atoms with Crippen LogP contribution in [0.4, 0.5) is 0 Å². The van der Waals surface area contributed by atoms with Gasteiger partial charge in [-0.1, -0.05) is 24.3 Å². The number of methoxy groups -OCH3 is 1. The normalized spacial score (nSPS) is 11.2. The molecular formula is C25H21N3O5S. The number of ether oxygens (including phenoxy) is 1. The number of nitrogens with zero attached hydrogens (tertiary/aromatic N) is 2. The Kier molecular flexibility index (Phi) is 5.54. The molecule has 5 rings (SSSR count). The molecule has 34 heavy (non-hydrogen) atoms. The fourth-order valence-electron chi connectivity index (χ4n) is 3.88. The zero-order valence-corrected chi connectivity index (χ0v) is 19.3. The molecule has 0 unspecified atom stereocenters. The lowest BCUT2D eigenvalue weighted by Gasteiger charge is -2.08. The van der Waals surface area contributed by atoms with Crippen LogP contribution in [0.3, 0.4) is 0 Å². The first-order valence-corrected chi connectivity index (χ1v) is 11.4. The molecule has 0 radical (unpaired) electrons. The monoisotopic (exact) mass is 475 g/mol. The Hall–Kier alpha value is -4.11. The van der Waals surface area contributed by atoms with Crippen LogP contribution >= 0.6 is 11.3 Å². The average molecular weight is 476 g/mol. The molecule has 0 aliphatic carbocycles. The van der Waals surface area contributed by atoms with Crippen molar-refractivity contribution in [2.24, 2.45) is 7.05 Å². The summed E-state index contributed by atoms with van der Waals surface area (Å²) in [5, 5.41) is 5.04. The highest BCUT2D eigenvalue weighted by Gasteiger charge is 2.18. The first kappa shape index (κ1) is 21.7. The molecule has 172 valence electrons. The van der Waals surface area contributed by atoms with Gasteiger partial charge in [-0.2, -0.15) is 0 Å². The third-order valence-corrected chi connectivity index (χ3v) is 6.91. The van der Waals surface area contributed by atoms with E-state index in [1.54, 1.807) is 32.8 Å². The van der Waals surface area contributed by atoms with Crippen molar-refractivity contribution in [1.29, 1.82) is 0 Å². The smallest absolute Gasteiger partial charge is 0.332 e. The number of benzene rings is 2. The fourth-order valence-corrected chi connectivity index (χ4v) is 4.90. The van der Waals surface area contributed by atoms with Crippen LogP contribution in [0.5, 0.6) is 5.75 Å². The van der Waals surface area contributed by atoms with Crippen LogP contribution < -0.4 is 21.3 Å². The Morgan fingerprint density at radius 1 is 1.06 bits per heavy atom. The zero-order chi connectivity index (χ0) is 23.8. The summed E-state index contributed by atoms with van der Waals surface area (Å²) in [7, 11) is 3.19. The SMILES string of the molecule is COc1cccc(CNC(=O)c2cc3c(=O)n(Cc4ccc5cocc5c4)c(=O)n(C)c3s2)c1. The molecule has 9 heteroatoms. The minimum absolute atomic E-state index is 0.121. The summed E-state index contributed by atoms with van der Waals surface area (Å²) >= 11 is 1.12. The van der Waals surface area contributed by atoms with E-state index in [0.717, 1.165) is 33.2 Å². The second-order valence-electron chi connectivity index (χ2n) is 7.93. The lowest BCUT2D eigenvalue weighted by Crippen LogP contribution is -2.38. The molecule has 0 saturated heterocycles.